The number of rotatable bonds is 1. The SMILES string of the molecule is CC(=O)c1ccnc(C)c1I. The van der Waals surface area contributed by atoms with Gasteiger partial charge in [-0.15, -0.1) is 0 Å². The highest BCUT2D eigenvalue weighted by Gasteiger charge is 2.06. The van der Waals surface area contributed by atoms with Gasteiger partial charge in [-0.05, 0) is 42.5 Å². The van der Waals surface area contributed by atoms with E-state index >= 15 is 0 Å². The Balaban J connectivity index is 3.27. The Morgan fingerprint density at radius 3 is 2.73 bits per heavy atom. The van der Waals surface area contributed by atoms with Crippen molar-refractivity contribution < 1.29 is 4.79 Å². The van der Waals surface area contributed by atoms with Crippen molar-refractivity contribution in [1.29, 1.82) is 0 Å². The van der Waals surface area contributed by atoms with E-state index in [9.17, 15) is 4.79 Å². The van der Waals surface area contributed by atoms with E-state index in [4.69, 9.17) is 0 Å². The molecule has 0 saturated carbocycles. The molecule has 11 heavy (non-hydrogen) atoms. The fourth-order valence-electron chi connectivity index (χ4n) is 0.820. The summed E-state index contributed by atoms with van der Waals surface area (Å²) >= 11 is 2.14. The second-order valence-electron chi connectivity index (χ2n) is 2.31. The number of hydrogen-bond donors (Lipinski definition) is 0. The van der Waals surface area contributed by atoms with Gasteiger partial charge in [0, 0.05) is 15.3 Å². The number of Topliss-reactive ketones (excluding diaryl/α,β-unsaturated/α-hetero) is 1. The van der Waals surface area contributed by atoms with E-state index in [1.54, 1.807) is 19.2 Å². The molecule has 0 fully saturated rings. The van der Waals surface area contributed by atoms with E-state index < -0.39 is 0 Å². The van der Waals surface area contributed by atoms with Crippen LogP contribution in [0.5, 0.6) is 0 Å². The molecule has 0 saturated heterocycles. The van der Waals surface area contributed by atoms with Crippen molar-refractivity contribution in [1.82, 2.24) is 4.98 Å². The lowest BCUT2D eigenvalue weighted by atomic mass is 10.2. The second kappa shape index (κ2) is 3.30. The van der Waals surface area contributed by atoms with Gasteiger partial charge in [-0.1, -0.05) is 0 Å². The Morgan fingerprint density at radius 1 is 1.64 bits per heavy atom. The lowest BCUT2D eigenvalue weighted by molar-refractivity contribution is 0.101. The van der Waals surface area contributed by atoms with Crippen molar-refractivity contribution in [2.45, 2.75) is 13.8 Å². The minimum absolute atomic E-state index is 0.0971. The van der Waals surface area contributed by atoms with Crippen LogP contribution < -0.4 is 0 Å². The maximum absolute atomic E-state index is 11.0. The van der Waals surface area contributed by atoms with Crippen LogP contribution in [-0.2, 0) is 0 Å². The highest BCUT2D eigenvalue weighted by Crippen LogP contribution is 2.14. The fourth-order valence-corrected chi connectivity index (χ4v) is 1.52. The normalized spacial score (nSPS) is 9.73. The first-order chi connectivity index (χ1) is 5.13. The highest BCUT2D eigenvalue weighted by atomic mass is 127. The number of pyridine rings is 1. The Hall–Kier alpha value is -0.450. The third-order valence-electron chi connectivity index (χ3n) is 1.44. The van der Waals surface area contributed by atoms with Crippen LogP contribution in [-0.4, -0.2) is 10.8 Å². The van der Waals surface area contributed by atoms with E-state index in [1.165, 1.54) is 0 Å². The van der Waals surface area contributed by atoms with Gasteiger partial charge in [-0.2, -0.15) is 0 Å². The summed E-state index contributed by atoms with van der Waals surface area (Å²) in [5, 5.41) is 0. The van der Waals surface area contributed by atoms with E-state index in [1.807, 2.05) is 6.92 Å². The summed E-state index contributed by atoms with van der Waals surface area (Å²) in [4.78, 5) is 15.0. The minimum Gasteiger partial charge on any atom is -0.294 e. The molecule has 1 rings (SSSR count). The molecule has 0 aliphatic carbocycles. The monoisotopic (exact) mass is 261 g/mol. The topological polar surface area (TPSA) is 30.0 Å². The Labute approximate surface area is 79.2 Å². The molecule has 0 atom stereocenters. The minimum atomic E-state index is 0.0971. The lowest BCUT2D eigenvalue weighted by Crippen LogP contribution is -1.99. The van der Waals surface area contributed by atoms with E-state index in [0.717, 1.165) is 14.8 Å². The molecule has 1 heterocycles. The van der Waals surface area contributed by atoms with Crippen molar-refractivity contribution in [2.75, 3.05) is 0 Å². The molecular formula is C8H8INO. The predicted octanol–water partition coefficient (Wildman–Crippen LogP) is 2.20. The maximum Gasteiger partial charge on any atom is 0.160 e. The third-order valence-corrected chi connectivity index (χ3v) is 2.80. The van der Waals surface area contributed by atoms with Crippen molar-refractivity contribution in [3.05, 3.63) is 27.1 Å². The Morgan fingerprint density at radius 2 is 2.27 bits per heavy atom. The molecule has 1 aromatic rings. The summed E-state index contributed by atoms with van der Waals surface area (Å²) in [6, 6.07) is 1.75. The summed E-state index contributed by atoms with van der Waals surface area (Å²) in [6.45, 7) is 3.46. The van der Waals surface area contributed by atoms with E-state index in [-0.39, 0.29) is 5.78 Å². The van der Waals surface area contributed by atoms with Crippen LogP contribution in [0.15, 0.2) is 12.3 Å². The number of hydrogen-bond acceptors (Lipinski definition) is 2. The first-order valence-corrected chi connectivity index (χ1v) is 4.33. The van der Waals surface area contributed by atoms with Gasteiger partial charge in [0.1, 0.15) is 0 Å². The number of ketones is 1. The molecule has 0 aromatic carbocycles. The number of aryl methyl sites for hydroxylation is 1. The van der Waals surface area contributed by atoms with Gasteiger partial charge in [-0.3, -0.25) is 9.78 Å². The molecular weight excluding hydrogens is 253 g/mol. The molecule has 1 aromatic heterocycles. The number of carbonyl (C=O) groups is 1. The summed E-state index contributed by atoms with van der Waals surface area (Å²) in [7, 11) is 0. The van der Waals surface area contributed by atoms with Crippen LogP contribution in [0.2, 0.25) is 0 Å². The Bertz CT molecular complexity index is 296. The quantitative estimate of drug-likeness (QED) is 0.573. The van der Waals surface area contributed by atoms with Crippen LogP contribution in [0.3, 0.4) is 0 Å². The second-order valence-corrected chi connectivity index (χ2v) is 3.39. The van der Waals surface area contributed by atoms with Crippen molar-refractivity contribution >= 4 is 28.4 Å². The van der Waals surface area contributed by atoms with Gasteiger partial charge >= 0.3 is 0 Å². The van der Waals surface area contributed by atoms with Gasteiger partial charge < -0.3 is 0 Å². The molecule has 2 nitrogen and oxygen atoms in total. The van der Waals surface area contributed by atoms with Crippen LogP contribution in [0, 0.1) is 10.5 Å². The third kappa shape index (κ3) is 1.77. The molecule has 0 radical (unpaired) electrons. The summed E-state index contributed by atoms with van der Waals surface area (Å²) in [5.41, 5.74) is 1.68. The van der Waals surface area contributed by atoms with E-state index in [0.29, 0.717) is 0 Å². The van der Waals surface area contributed by atoms with Gasteiger partial charge in [-0.25, -0.2) is 0 Å². The largest absolute Gasteiger partial charge is 0.294 e. The zero-order chi connectivity index (χ0) is 8.43. The molecule has 0 aliphatic heterocycles. The van der Waals surface area contributed by atoms with Crippen LogP contribution >= 0.6 is 22.6 Å². The molecule has 0 unspecified atom stereocenters. The molecule has 58 valence electrons. The number of carbonyl (C=O) groups excluding carboxylic acids is 1. The lowest BCUT2D eigenvalue weighted by Gasteiger charge is -2.00. The molecule has 3 heteroatoms. The van der Waals surface area contributed by atoms with Gasteiger partial charge in [0.15, 0.2) is 5.78 Å². The summed E-state index contributed by atoms with van der Waals surface area (Å²) < 4.78 is 0.956. The van der Waals surface area contributed by atoms with Crippen LogP contribution in [0.1, 0.15) is 23.0 Å². The van der Waals surface area contributed by atoms with Crippen LogP contribution in [0.25, 0.3) is 0 Å². The Kier molecular flexibility index (Phi) is 2.59. The summed E-state index contributed by atoms with van der Waals surface area (Å²) in [5.74, 6) is 0.0971. The van der Waals surface area contributed by atoms with E-state index in [2.05, 4.69) is 27.6 Å². The van der Waals surface area contributed by atoms with Gasteiger partial charge in [0.05, 0.1) is 5.69 Å². The molecule has 0 amide bonds. The molecule has 0 spiro atoms. The first kappa shape index (κ1) is 8.64. The fraction of sp³-hybridized carbons (Fsp3) is 0.250. The average Bonchev–Trinajstić information content (AvgIpc) is 1.94. The van der Waals surface area contributed by atoms with Gasteiger partial charge in [0.2, 0.25) is 0 Å². The van der Waals surface area contributed by atoms with Crippen LogP contribution in [0.4, 0.5) is 0 Å². The van der Waals surface area contributed by atoms with Gasteiger partial charge in [0.25, 0.3) is 0 Å². The van der Waals surface area contributed by atoms with Crippen molar-refractivity contribution in [2.24, 2.45) is 0 Å². The summed E-state index contributed by atoms with van der Waals surface area (Å²) in [6.07, 6.45) is 1.66. The predicted molar refractivity (Wildman–Crippen MR) is 51.7 cm³/mol. The average molecular weight is 261 g/mol. The smallest absolute Gasteiger partial charge is 0.160 e. The first-order valence-electron chi connectivity index (χ1n) is 3.25. The standard InChI is InChI=1S/C8H8INO/c1-5-8(9)7(6(2)11)3-4-10-5/h3-4H,1-2H3. The highest BCUT2D eigenvalue weighted by molar-refractivity contribution is 14.1. The molecule has 0 N–H and O–H groups in total. The van der Waals surface area contributed by atoms with Crippen molar-refractivity contribution in [3.63, 3.8) is 0 Å². The van der Waals surface area contributed by atoms with Crippen molar-refractivity contribution in [3.8, 4) is 0 Å². The number of halogens is 1. The number of nitrogens with zero attached hydrogens (tertiary/aromatic N) is 1. The molecule has 0 bridgehead atoms. The zero-order valence-corrected chi connectivity index (χ0v) is 8.55. The zero-order valence-electron chi connectivity index (χ0n) is 6.39. The molecule has 0 aliphatic rings. The number of aromatic nitrogens is 1. The maximum atomic E-state index is 11.0.